The number of hydrogen-bond acceptors (Lipinski definition) is 4. The highest BCUT2D eigenvalue weighted by Gasteiger charge is 2.12. The smallest absolute Gasteiger partial charge is 0.127 e. The number of benzene rings is 1. The van der Waals surface area contributed by atoms with Crippen LogP contribution >= 0.6 is 0 Å². The van der Waals surface area contributed by atoms with Gasteiger partial charge in [-0.25, -0.2) is 0 Å². The van der Waals surface area contributed by atoms with Gasteiger partial charge in [0.15, 0.2) is 0 Å². The molecule has 0 aliphatic carbocycles. The Morgan fingerprint density at radius 2 is 2.00 bits per heavy atom. The van der Waals surface area contributed by atoms with Gasteiger partial charge >= 0.3 is 0 Å². The zero-order valence-electron chi connectivity index (χ0n) is 13.8. The third kappa shape index (κ3) is 6.36. The first kappa shape index (κ1) is 17.8. The molecule has 0 aliphatic rings. The molecule has 4 nitrogen and oxygen atoms in total. The highest BCUT2D eigenvalue weighted by Crippen LogP contribution is 2.29. The minimum atomic E-state index is 0.262. The van der Waals surface area contributed by atoms with Crippen LogP contribution in [0.4, 0.5) is 0 Å². The van der Waals surface area contributed by atoms with Crippen LogP contribution in [-0.4, -0.2) is 33.5 Å². The van der Waals surface area contributed by atoms with E-state index in [1.165, 1.54) is 5.56 Å². The van der Waals surface area contributed by atoms with Crippen LogP contribution in [0.15, 0.2) is 18.2 Å². The molecule has 0 fully saturated rings. The SMILES string of the molecule is CCCNC(C)c1ccc(OC)cc1OCCCOCC. The Morgan fingerprint density at radius 3 is 2.67 bits per heavy atom. The minimum Gasteiger partial charge on any atom is -0.497 e. The zero-order valence-corrected chi connectivity index (χ0v) is 13.8. The lowest BCUT2D eigenvalue weighted by Crippen LogP contribution is -2.20. The number of nitrogens with one attached hydrogen (secondary N) is 1. The molecule has 21 heavy (non-hydrogen) atoms. The quantitative estimate of drug-likeness (QED) is 0.634. The van der Waals surface area contributed by atoms with Crippen molar-refractivity contribution in [3.05, 3.63) is 23.8 Å². The summed E-state index contributed by atoms with van der Waals surface area (Å²) < 4.78 is 16.5. The Bertz CT molecular complexity index is 396. The van der Waals surface area contributed by atoms with E-state index in [1.54, 1.807) is 7.11 Å². The summed E-state index contributed by atoms with van der Waals surface area (Å²) in [5, 5.41) is 3.49. The first-order valence-corrected chi connectivity index (χ1v) is 7.84. The van der Waals surface area contributed by atoms with Crippen LogP contribution in [0.25, 0.3) is 0 Å². The molecule has 1 aromatic rings. The second-order valence-corrected chi connectivity index (χ2v) is 4.98. The van der Waals surface area contributed by atoms with Crippen molar-refractivity contribution in [3.8, 4) is 11.5 Å². The molecular weight excluding hydrogens is 266 g/mol. The standard InChI is InChI=1S/C17H29NO3/c1-5-10-18-14(3)16-9-8-15(19-4)13-17(16)21-12-7-11-20-6-2/h8-9,13-14,18H,5-7,10-12H2,1-4H3. The van der Waals surface area contributed by atoms with Gasteiger partial charge in [-0.3, -0.25) is 0 Å². The Morgan fingerprint density at radius 1 is 1.19 bits per heavy atom. The van der Waals surface area contributed by atoms with Crippen molar-refractivity contribution in [2.24, 2.45) is 0 Å². The normalized spacial score (nSPS) is 12.2. The molecule has 120 valence electrons. The molecule has 0 bridgehead atoms. The van der Waals surface area contributed by atoms with Gasteiger partial charge in [0.2, 0.25) is 0 Å². The van der Waals surface area contributed by atoms with E-state index in [0.717, 1.165) is 44.1 Å². The fourth-order valence-corrected chi connectivity index (χ4v) is 2.08. The average Bonchev–Trinajstić information content (AvgIpc) is 2.52. The van der Waals surface area contributed by atoms with Crippen molar-refractivity contribution in [3.63, 3.8) is 0 Å². The van der Waals surface area contributed by atoms with Gasteiger partial charge in [-0.15, -0.1) is 0 Å². The van der Waals surface area contributed by atoms with E-state index in [-0.39, 0.29) is 6.04 Å². The van der Waals surface area contributed by atoms with Gasteiger partial charge < -0.3 is 19.5 Å². The van der Waals surface area contributed by atoms with E-state index in [1.807, 2.05) is 19.1 Å². The lowest BCUT2D eigenvalue weighted by Gasteiger charge is -2.19. The molecule has 4 heteroatoms. The highest BCUT2D eigenvalue weighted by atomic mass is 16.5. The van der Waals surface area contributed by atoms with Gasteiger partial charge in [-0.1, -0.05) is 13.0 Å². The zero-order chi connectivity index (χ0) is 15.5. The van der Waals surface area contributed by atoms with E-state index in [9.17, 15) is 0 Å². The van der Waals surface area contributed by atoms with Crippen molar-refractivity contribution >= 4 is 0 Å². The number of methoxy groups -OCH3 is 1. The number of hydrogen-bond donors (Lipinski definition) is 1. The first-order chi connectivity index (χ1) is 10.2. The Balaban J connectivity index is 2.67. The summed E-state index contributed by atoms with van der Waals surface area (Å²) in [7, 11) is 1.67. The van der Waals surface area contributed by atoms with Crippen LogP contribution < -0.4 is 14.8 Å². The summed E-state index contributed by atoms with van der Waals surface area (Å²) >= 11 is 0. The molecule has 0 radical (unpaired) electrons. The van der Waals surface area contributed by atoms with E-state index in [4.69, 9.17) is 14.2 Å². The van der Waals surface area contributed by atoms with Crippen LogP contribution in [0.5, 0.6) is 11.5 Å². The fourth-order valence-electron chi connectivity index (χ4n) is 2.08. The number of rotatable bonds is 11. The maximum absolute atomic E-state index is 5.93. The molecule has 0 aromatic heterocycles. The predicted octanol–water partition coefficient (Wildman–Crippen LogP) is 3.56. The molecule has 0 heterocycles. The molecule has 1 rings (SSSR count). The topological polar surface area (TPSA) is 39.7 Å². The lowest BCUT2D eigenvalue weighted by atomic mass is 10.1. The molecule has 0 saturated carbocycles. The third-order valence-electron chi connectivity index (χ3n) is 3.28. The summed E-state index contributed by atoms with van der Waals surface area (Å²) in [6.45, 7) is 9.46. The van der Waals surface area contributed by atoms with E-state index in [0.29, 0.717) is 6.61 Å². The molecule has 0 saturated heterocycles. The third-order valence-corrected chi connectivity index (χ3v) is 3.28. The summed E-state index contributed by atoms with van der Waals surface area (Å²) in [6, 6.07) is 6.27. The Hall–Kier alpha value is -1.26. The second-order valence-electron chi connectivity index (χ2n) is 4.98. The Labute approximate surface area is 128 Å². The van der Waals surface area contributed by atoms with Crippen molar-refractivity contribution < 1.29 is 14.2 Å². The van der Waals surface area contributed by atoms with Crippen molar-refractivity contribution in [2.45, 2.75) is 39.7 Å². The molecule has 0 aliphatic heterocycles. The molecule has 1 aromatic carbocycles. The van der Waals surface area contributed by atoms with Gasteiger partial charge in [0.05, 0.1) is 13.7 Å². The summed E-state index contributed by atoms with van der Waals surface area (Å²) in [5.41, 5.74) is 1.17. The van der Waals surface area contributed by atoms with Crippen LogP contribution in [0.1, 0.15) is 45.2 Å². The van der Waals surface area contributed by atoms with Crippen LogP contribution in [0.3, 0.4) is 0 Å². The monoisotopic (exact) mass is 295 g/mol. The average molecular weight is 295 g/mol. The van der Waals surface area contributed by atoms with Crippen molar-refractivity contribution in [2.75, 3.05) is 33.5 Å². The molecule has 0 amide bonds. The van der Waals surface area contributed by atoms with E-state index >= 15 is 0 Å². The largest absolute Gasteiger partial charge is 0.497 e. The van der Waals surface area contributed by atoms with Crippen LogP contribution in [-0.2, 0) is 4.74 Å². The van der Waals surface area contributed by atoms with E-state index in [2.05, 4.69) is 25.2 Å². The summed E-state index contributed by atoms with van der Waals surface area (Å²) in [5.74, 6) is 1.71. The van der Waals surface area contributed by atoms with E-state index < -0.39 is 0 Å². The maximum Gasteiger partial charge on any atom is 0.127 e. The summed E-state index contributed by atoms with van der Waals surface area (Å²) in [4.78, 5) is 0. The molecular formula is C17H29NO3. The van der Waals surface area contributed by atoms with Gasteiger partial charge in [0.25, 0.3) is 0 Å². The van der Waals surface area contributed by atoms with Crippen LogP contribution in [0.2, 0.25) is 0 Å². The van der Waals surface area contributed by atoms with Crippen LogP contribution in [0, 0.1) is 0 Å². The fraction of sp³-hybridized carbons (Fsp3) is 0.647. The molecule has 1 unspecified atom stereocenters. The molecule has 1 N–H and O–H groups in total. The molecule has 1 atom stereocenters. The minimum absolute atomic E-state index is 0.262. The van der Waals surface area contributed by atoms with Crippen molar-refractivity contribution in [1.29, 1.82) is 0 Å². The van der Waals surface area contributed by atoms with Gasteiger partial charge in [0.1, 0.15) is 11.5 Å². The molecule has 0 spiro atoms. The predicted molar refractivity (Wildman–Crippen MR) is 86.3 cm³/mol. The van der Waals surface area contributed by atoms with Gasteiger partial charge in [0, 0.05) is 37.3 Å². The summed E-state index contributed by atoms with van der Waals surface area (Å²) in [6.07, 6.45) is 2.01. The van der Waals surface area contributed by atoms with Crippen molar-refractivity contribution in [1.82, 2.24) is 5.32 Å². The Kier molecular flexibility index (Phi) is 8.87. The number of ether oxygens (including phenoxy) is 3. The second kappa shape index (κ2) is 10.5. The van der Waals surface area contributed by atoms with Gasteiger partial charge in [-0.2, -0.15) is 0 Å². The maximum atomic E-state index is 5.93. The lowest BCUT2D eigenvalue weighted by molar-refractivity contribution is 0.130. The van der Waals surface area contributed by atoms with Gasteiger partial charge in [-0.05, 0) is 32.9 Å². The first-order valence-electron chi connectivity index (χ1n) is 7.84. The highest BCUT2D eigenvalue weighted by molar-refractivity contribution is 5.42.